The Kier molecular flexibility index (Phi) is 6.34. The van der Waals surface area contributed by atoms with Crippen molar-refractivity contribution in [3.63, 3.8) is 0 Å². The molecule has 2 aliphatic rings. The van der Waals surface area contributed by atoms with E-state index in [4.69, 9.17) is 0 Å². The number of hydrogen-bond acceptors (Lipinski definition) is 0. The Morgan fingerprint density at radius 1 is 0.550 bits per heavy atom. The van der Waals surface area contributed by atoms with Gasteiger partial charge in [-0.25, -0.2) is 0 Å². The van der Waals surface area contributed by atoms with Crippen molar-refractivity contribution >= 4 is 0 Å². The van der Waals surface area contributed by atoms with Gasteiger partial charge < -0.3 is 42.9 Å². The molecule has 0 saturated carbocycles. The second-order valence-electron chi connectivity index (χ2n) is 7.85. The monoisotopic (exact) mass is 408 g/mol. The summed E-state index contributed by atoms with van der Waals surface area (Å²) in [4.78, 5) is 0. The van der Waals surface area contributed by atoms with E-state index in [-0.39, 0.29) is 34.0 Å². The lowest BCUT2D eigenvalue weighted by atomic mass is 9.60. The number of hydrogen-bond donors (Lipinski definition) is 0. The van der Waals surface area contributed by atoms with Crippen molar-refractivity contribution < 1.29 is 42.9 Å². The predicted molar refractivity (Wildman–Crippen MR) is 78.3 cm³/mol. The molecule has 0 radical (unpaired) electrons. The van der Waals surface area contributed by atoms with Gasteiger partial charge in [0.25, 0.3) is 0 Å². The first-order valence-electron chi connectivity index (χ1n) is 7.09. The fraction of sp³-hybridized carbons (Fsp3) is 0.750. The second-order valence-corrected chi connectivity index (χ2v) is 7.85. The molecule has 118 valence electrons. The lowest BCUT2D eigenvalue weighted by molar-refractivity contribution is -1.01. The summed E-state index contributed by atoms with van der Waals surface area (Å²) in [5.41, 5.74) is 0.656. The zero-order valence-corrected chi connectivity index (χ0v) is 17.0. The van der Waals surface area contributed by atoms with Crippen molar-refractivity contribution in [1.29, 1.82) is 0 Å². The van der Waals surface area contributed by atoms with Crippen LogP contribution >= 0.6 is 0 Å². The summed E-state index contributed by atoms with van der Waals surface area (Å²) in [5, 5.41) is 0. The predicted octanol–water partition coefficient (Wildman–Crippen LogP) is -3.42. The first-order chi connectivity index (χ1) is 8.16. The molecule has 0 atom stereocenters. The summed E-state index contributed by atoms with van der Waals surface area (Å²) >= 11 is 0. The molecule has 0 aromatic carbocycles. The largest absolute Gasteiger partial charge is 1.00 e. The van der Waals surface area contributed by atoms with Crippen molar-refractivity contribution in [2.24, 2.45) is 0 Å². The van der Waals surface area contributed by atoms with Crippen molar-refractivity contribution in [1.82, 2.24) is 0 Å². The van der Waals surface area contributed by atoms with Gasteiger partial charge in [-0.1, -0.05) is 24.3 Å². The van der Waals surface area contributed by atoms with E-state index in [1.54, 1.807) is 0 Å². The van der Waals surface area contributed by atoms with Crippen molar-refractivity contribution in [3.05, 3.63) is 24.3 Å². The Balaban J connectivity index is 0.00000180. The van der Waals surface area contributed by atoms with Crippen LogP contribution in [0.1, 0.15) is 25.7 Å². The van der Waals surface area contributed by atoms with Gasteiger partial charge in [-0.05, 0) is 0 Å². The maximum atomic E-state index is 2.41. The Morgan fingerprint density at radius 3 is 0.900 bits per heavy atom. The van der Waals surface area contributed by atoms with Crippen LogP contribution in [-0.4, -0.2) is 62.3 Å². The smallest absolute Gasteiger partial charge is 0.161 e. The zero-order chi connectivity index (χ0) is 13.7. The molecule has 0 amide bonds. The highest BCUT2D eigenvalue weighted by Gasteiger charge is 2.66. The molecular weight excluding hydrogens is 380 g/mol. The number of rotatable bonds is 2. The molecule has 2 rings (SSSR count). The minimum absolute atomic E-state index is 0. The van der Waals surface area contributed by atoms with Crippen molar-refractivity contribution in [2.45, 2.75) is 36.8 Å². The van der Waals surface area contributed by atoms with Gasteiger partial charge in [0, 0.05) is 25.7 Å². The number of nitrogens with zero attached hydrogens (tertiary/aromatic N) is 2. The molecule has 2 nitrogen and oxygen atoms in total. The summed E-state index contributed by atoms with van der Waals surface area (Å²) in [6.07, 6.45) is 14.5. The molecule has 20 heavy (non-hydrogen) atoms. The third-order valence-electron chi connectivity index (χ3n) is 5.59. The van der Waals surface area contributed by atoms with Gasteiger partial charge in [0.2, 0.25) is 0 Å². The molecule has 0 N–H and O–H groups in total. The van der Waals surface area contributed by atoms with Crippen molar-refractivity contribution in [2.75, 3.05) is 42.3 Å². The molecule has 0 spiro atoms. The van der Waals surface area contributed by atoms with Gasteiger partial charge in [-0.3, -0.25) is 0 Å². The quantitative estimate of drug-likeness (QED) is 0.329. The maximum Gasteiger partial charge on any atom is 0.161 e. The van der Waals surface area contributed by atoms with Crippen LogP contribution in [-0.2, 0) is 0 Å². The van der Waals surface area contributed by atoms with E-state index < -0.39 is 0 Å². The van der Waals surface area contributed by atoms with Crippen LogP contribution in [0.3, 0.4) is 0 Å². The van der Waals surface area contributed by atoms with Crippen LogP contribution in [0.5, 0.6) is 0 Å². The fourth-order valence-electron chi connectivity index (χ4n) is 4.38. The average molecular weight is 410 g/mol. The van der Waals surface area contributed by atoms with Gasteiger partial charge in [0.15, 0.2) is 11.1 Å². The summed E-state index contributed by atoms with van der Waals surface area (Å²) in [6, 6.07) is 0. The first-order valence-corrected chi connectivity index (χ1v) is 7.09. The molecule has 0 heterocycles. The van der Waals surface area contributed by atoms with Crippen LogP contribution in [0.4, 0.5) is 0 Å². The minimum Gasteiger partial charge on any atom is -1.00 e. The molecule has 0 saturated heterocycles. The summed E-state index contributed by atoms with van der Waals surface area (Å²) in [6.45, 7) is 0. The molecule has 0 fully saturated rings. The van der Waals surface area contributed by atoms with E-state index in [9.17, 15) is 0 Å². The zero-order valence-electron chi connectivity index (χ0n) is 13.8. The Hall–Kier alpha value is 0.360. The SMILES string of the molecule is C[N+](C)(C)C12CC=CCC1([N+](C)(C)C)CC=CC2.[Br-].[Br-]. The lowest BCUT2D eigenvalue weighted by Gasteiger charge is -2.62. The van der Waals surface area contributed by atoms with Crippen LogP contribution in [0.25, 0.3) is 0 Å². The van der Waals surface area contributed by atoms with E-state index in [0.717, 1.165) is 8.97 Å². The summed E-state index contributed by atoms with van der Waals surface area (Å²) in [7, 11) is 14.3. The number of quaternary nitrogens is 2. The Bertz CT molecular complexity index is 332. The first kappa shape index (κ1) is 20.4. The number of halogens is 2. The van der Waals surface area contributed by atoms with Gasteiger partial charge in [0.1, 0.15) is 0 Å². The lowest BCUT2D eigenvalue weighted by Crippen LogP contribution is -3.00. The number of likely N-dealkylation sites (N-methyl/N-ethyl adjacent to an activating group) is 2. The van der Waals surface area contributed by atoms with Crippen LogP contribution < -0.4 is 34.0 Å². The number of fused-ring (bicyclic) bond motifs is 1. The van der Waals surface area contributed by atoms with E-state index >= 15 is 0 Å². The topological polar surface area (TPSA) is 0 Å². The van der Waals surface area contributed by atoms with E-state index in [1.165, 1.54) is 25.7 Å². The molecule has 2 aliphatic carbocycles. The Labute approximate surface area is 146 Å². The van der Waals surface area contributed by atoms with E-state index in [2.05, 4.69) is 66.6 Å². The van der Waals surface area contributed by atoms with Crippen LogP contribution in [0.2, 0.25) is 0 Å². The van der Waals surface area contributed by atoms with Gasteiger partial charge >= 0.3 is 0 Å². The molecule has 4 heteroatoms. The molecule has 0 unspecified atom stereocenters. The highest BCUT2D eigenvalue weighted by molar-refractivity contribution is 5.21. The molecule has 0 aliphatic heterocycles. The van der Waals surface area contributed by atoms with Crippen LogP contribution in [0.15, 0.2) is 24.3 Å². The van der Waals surface area contributed by atoms with Gasteiger partial charge in [0.05, 0.1) is 42.3 Å². The van der Waals surface area contributed by atoms with Gasteiger partial charge in [-0.2, -0.15) is 0 Å². The molecule has 0 aromatic rings. The fourth-order valence-corrected chi connectivity index (χ4v) is 4.38. The second kappa shape index (κ2) is 6.23. The van der Waals surface area contributed by atoms with E-state index in [1.807, 2.05) is 0 Å². The summed E-state index contributed by atoms with van der Waals surface area (Å²) in [5.74, 6) is 0. The highest BCUT2D eigenvalue weighted by Crippen LogP contribution is 2.52. The third kappa shape index (κ3) is 2.69. The molecular formula is C16H30Br2N2. The normalized spacial score (nSPS) is 32.9. The summed E-state index contributed by atoms with van der Waals surface area (Å²) < 4.78 is 2.11. The molecule has 0 bridgehead atoms. The van der Waals surface area contributed by atoms with Gasteiger partial charge in [-0.15, -0.1) is 0 Å². The maximum absolute atomic E-state index is 2.41. The van der Waals surface area contributed by atoms with Crippen molar-refractivity contribution in [3.8, 4) is 0 Å². The highest BCUT2D eigenvalue weighted by atomic mass is 79.9. The Morgan fingerprint density at radius 2 is 0.750 bits per heavy atom. The average Bonchev–Trinajstić information content (AvgIpc) is 2.26. The standard InChI is InChI=1S/C16H30N2.2BrH/c1-17(2,3)15-11-7-9-13-16(15,18(4,5)6)14-10-8-12-15;;/h7-10H,11-14H2,1-6H3;2*1H/q+2;;/p-2. The van der Waals surface area contributed by atoms with E-state index in [0.29, 0.717) is 11.1 Å². The third-order valence-corrected chi connectivity index (χ3v) is 5.59. The van der Waals surface area contributed by atoms with Crippen LogP contribution in [0, 0.1) is 0 Å². The minimum atomic E-state index is 0. The molecule has 0 aromatic heterocycles.